The van der Waals surface area contributed by atoms with Gasteiger partial charge in [0.2, 0.25) is 0 Å². The quantitative estimate of drug-likeness (QED) is 0.466. The monoisotopic (exact) mass is 254 g/mol. The Morgan fingerprint density at radius 1 is 0.789 bits per heavy atom. The van der Waals surface area contributed by atoms with Crippen molar-refractivity contribution in [2.24, 2.45) is 63.0 Å². The van der Waals surface area contributed by atoms with Gasteiger partial charge in [0.05, 0.1) is 12.1 Å². The lowest BCUT2D eigenvalue weighted by Gasteiger charge is -2.41. The summed E-state index contributed by atoms with van der Waals surface area (Å²) in [6.45, 7) is 4.87. The van der Waals surface area contributed by atoms with Crippen LogP contribution in [0.15, 0.2) is 22.4 Å². The number of fused-ring (bicyclic) bond motifs is 16. The molecular formula is C17H22N2. The van der Waals surface area contributed by atoms with Gasteiger partial charge in [0, 0.05) is 5.41 Å². The Morgan fingerprint density at radius 3 is 1.84 bits per heavy atom. The second-order valence-electron chi connectivity index (χ2n) is 8.76. The lowest BCUT2D eigenvalue weighted by molar-refractivity contribution is 0.0852. The molecule has 4 saturated carbocycles. The molecule has 5 aliphatic carbocycles. The minimum atomic E-state index is 0.358. The number of nitrogens with zero attached hydrogens (tertiary/aromatic N) is 2. The summed E-state index contributed by atoms with van der Waals surface area (Å²) in [5.41, 5.74) is 0.358. The van der Waals surface area contributed by atoms with Crippen LogP contribution in [0.2, 0.25) is 0 Å². The maximum atomic E-state index is 4.70. The summed E-state index contributed by atoms with van der Waals surface area (Å²) >= 11 is 0. The van der Waals surface area contributed by atoms with Crippen molar-refractivity contribution in [3.63, 3.8) is 0 Å². The fourth-order valence-electron chi connectivity index (χ4n) is 7.78. The van der Waals surface area contributed by atoms with Gasteiger partial charge in [0.1, 0.15) is 0 Å². The Labute approximate surface area is 114 Å². The van der Waals surface area contributed by atoms with Gasteiger partial charge in [-0.05, 0) is 60.2 Å². The van der Waals surface area contributed by atoms with E-state index in [9.17, 15) is 0 Å². The topological polar surface area (TPSA) is 24.7 Å². The Balaban J connectivity index is 1.50. The first-order valence-electron chi connectivity index (χ1n) is 8.26. The number of allylic oxidation sites excluding steroid dienone is 2. The summed E-state index contributed by atoms with van der Waals surface area (Å²) in [5, 5.41) is 9.40. The molecule has 2 heteroatoms. The molecule has 0 aromatic carbocycles. The van der Waals surface area contributed by atoms with Crippen LogP contribution in [0.1, 0.15) is 26.7 Å². The van der Waals surface area contributed by atoms with Gasteiger partial charge in [-0.1, -0.05) is 26.0 Å². The van der Waals surface area contributed by atoms with Crippen molar-refractivity contribution >= 4 is 0 Å². The minimum absolute atomic E-state index is 0.358. The fraction of sp³-hybridized carbons (Fsp3) is 0.882. The van der Waals surface area contributed by atoms with E-state index in [2.05, 4.69) is 26.0 Å². The molecule has 0 radical (unpaired) electrons. The molecule has 100 valence electrons. The number of rotatable bonds is 0. The lowest BCUT2D eigenvalue weighted by Crippen LogP contribution is -2.40. The van der Waals surface area contributed by atoms with E-state index < -0.39 is 0 Å². The van der Waals surface area contributed by atoms with Crippen LogP contribution < -0.4 is 0 Å². The van der Waals surface area contributed by atoms with Gasteiger partial charge in [-0.3, -0.25) is 0 Å². The van der Waals surface area contributed by atoms with Crippen LogP contribution in [0.5, 0.6) is 0 Å². The fourth-order valence-corrected chi connectivity index (χ4v) is 7.78. The molecule has 0 saturated heterocycles. The molecule has 0 aromatic rings. The predicted octanol–water partition coefficient (Wildman–Crippen LogP) is 3.55. The van der Waals surface area contributed by atoms with E-state index in [4.69, 9.17) is 10.2 Å². The molecular weight excluding hydrogens is 232 g/mol. The van der Waals surface area contributed by atoms with Gasteiger partial charge < -0.3 is 0 Å². The Bertz CT molecular complexity index is 491. The summed E-state index contributed by atoms with van der Waals surface area (Å²) in [6.07, 6.45) is 8.12. The maximum Gasteiger partial charge on any atom is 0.0814 e. The predicted molar refractivity (Wildman–Crippen MR) is 72.5 cm³/mol. The van der Waals surface area contributed by atoms with Crippen LogP contribution in [0, 0.1) is 52.8 Å². The molecule has 6 rings (SSSR count). The van der Waals surface area contributed by atoms with Crippen LogP contribution in [-0.2, 0) is 0 Å². The molecule has 0 spiro atoms. The van der Waals surface area contributed by atoms with Crippen molar-refractivity contribution in [1.82, 2.24) is 0 Å². The smallest absolute Gasteiger partial charge is 0.0814 e. The van der Waals surface area contributed by atoms with Crippen molar-refractivity contribution in [1.29, 1.82) is 0 Å². The highest BCUT2D eigenvalue weighted by molar-refractivity contribution is 5.28. The van der Waals surface area contributed by atoms with Gasteiger partial charge in [0.25, 0.3) is 0 Å². The van der Waals surface area contributed by atoms with Crippen LogP contribution in [0.25, 0.3) is 0 Å². The van der Waals surface area contributed by atoms with Gasteiger partial charge in [-0.25, -0.2) is 0 Å². The average molecular weight is 254 g/mol. The van der Waals surface area contributed by atoms with Gasteiger partial charge in [-0.2, -0.15) is 10.2 Å². The van der Waals surface area contributed by atoms with E-state index in [-0.39, 0.29) is 0 Å². The lowest BCUT2D eigenvalue weighted by atomic mass is 9.64. The highest BCUT2D eigenvalue weighted by Crippen LogP contribution is 2.75. The van der Waals surface area contributed by atoms with Crippen molar-refractivity contribution in [2.75, 3.05) is 0 Å². The highest BCUT2D eigenvalue weighted by Gasteiger charge is 2.74. The third-order valence-electron chi connectivity index (χ3n) is 8.12. The van der Waals surface area contributed by atoms with Gasteiger partial charge in [-0.15, -0.1) is 0 Å². The van der Waals surface area contributed by atoms with E-state index in [1.165, 1.54) is 12.8 Å². The summed E-state index contributed by atoms with van der Waals surface area (Å²) in [4.78, 5) is 0. The third kappa shape index (κ3) is 0.849. The molecule has 0 N–H and O–H groups in total. The molecule has 0 aromatic heterocycles. The molecule has 19 heavy (non-hydrogen) atoms. The highest BCUT2D eigenvalue weighted by atomic mass is 15.2. The standard InChI is InChI=1S/C17H22N2/c1-17(2)15-13-9-6-10(14(13)16(17)19-18-15)12-8-4-3-7(5-8)11(9)12/h3-4,7-16H,5-6H2,1-2H3/t7-,8+,9+,10-,11-,12+,13+,14-,15+,16-. The zero-order valence-electron chi connectivity index (χ0n) is 11.7. The SMILES string of the molecule is CC1(C)[C@@H]2N=N[C@H]1[C@H]1[C@H]3C[C@@H]([C@H]12)[C@H]1[C@@H]3[C@@H]2C=C[C@H]1C2. The van der Waals surface area contributed by atoms with E-state index in [0.717, 1.165) is 47.3 Å². The normalized spacial score (nSPS) is 68.1. The first-order chi connectivity index (χ1) is 9.18. The second kappa shape index (κ2) is 2.71. The molecule has 1 heterocycles. The summed E-state index contributed by atoms with van der Waals surface area (Å²) in [7, 11) is 0. The molecule has 0 amide bonds. The zero-order chi connectivity index (χ0) is 12.5. The van der Waals surface area contributed by atoms with E-state index in [1.807, 2.05) is 0 Å². The maximum absolute atomic E-state index is 4.70. The van der Waals surface area contributed by atoms with Crippen molar-refractivity contribution in [3.8, 4) is 0 Å². The molecule has 10 atom stereocenters. The summed E-state index contributed by atoms with van der Waals surface area (Å²) in [6, 6.07) is 1.11. The Morgan fingerprint density at radius 2 is 1.32 bits per heavy atom. The number of azo groups is 1. The van der Waals surface area contributed by atoms with Crippen LogP contribution in [0.3, 0.4) is 0 Å². The van der Waals surface area contributed by atoms with Crippen LogP contribution in [-0.4, -0.2) is 12.1 Å². The second-order valence-corrected chi connectivity index (χ2v) is 8.76. The summed E-state index contributed by atoms with van der Waals surface area (Å²) < 4.78 is 0. The largest absolute Gasteiger partial charge is 0.190 e. The van der Waals surface area contributed by atoms with Crippen molar-refractivity contribution in [2.45, 2.75) is 38.8 Å². The van der Waals surface area contributed by atoms with Gasteiger partial charge in [0.15, 0.2) is 0 Å². The zero-order valence-corrected chi connectivity index (χ0v) is 11.7. The van der Waals surface area contributed by atoms with Crippen molar-refractivity contribution in [3.05, 3.63) is 12.2 Å². The summed E-state index contributed by atoms with van der Waals surface area (Å²) in [5.74, 6) is 7.73. The van der Waals surface area contributed by atoms with E-state index >= 15 is 0 Å². The molecule has 6 aliphatic rings. The number of hydrogen-bond acceptors (Lipinski definition) is 2. The first-order valence-corrected chi connectivity index (χ1v) is 8.26. The third-order valence-corrected chi connectivity index (χ3v) is 8.12. The molecule has 4 fully saturated rings. The number of hydrogen-bond donors (Lipinski definition) is 0. The average Bonchev–Trinajstić information content (AvgIpc) is 3.15. The van der Waals surface area contributed by atoms with Crippen LogP contribution in [0.4, 0.5) is 0 Å². The first kappa shape index (κ1) is 10.1. The minimum Gasteiger partial charge on any atom is -0.190 e. The molecule has 6 bridgehead atoms. The molecule has 2 nitrogen and oxygen atoms in total. The van der Waals surface area contributed by atoms with E-state index in [1.54, 1.807) is 0 Å². The molecule has 0 unspecified atom stereocenters. The van der Waals surface area contributed by atoms with Crippen LogP contribution >= 0.6 is 0 Å². The Hall–Kier alpha value is -0.660. The Kier molecular flexibility index (Phi) is 1.44. The van der Waals surface area contributed by atoms with Crippen molar-refractivity contribution < 1.29 is 0 Å². The van der Waals surface area contributed by atoms with E-state index in [0.29, 0.717) is 17.5 Å². The van der Waals surface area contributed by atoms with Gasteiger partial charge >= 0.3 is 0 Å². The molecule has 1 aliphatic heterocycles.